The van der Waals surface area contributed by atoms with E-state index in [0.717, 1.165) is 11.1 Å². The highest BCUT2D eigenvalue weighted by molar-refractivity contribution is 9.10. The van der Waals surface area contributed by atoms with Crippen LogP contribution in [0.5, 0.6) is 11.5 Å². The first-order valence-corrected chi connectivity index (χ1v) is 11.1. The van der Waals surface area contributed by atoms with E-state index < -0.39 is 11.8 Å². The van der Waals surface area contributed by atoms with Gasteiger partial charge in [0.25, 0.3) is 0 Å². The van der Waals surface area contributed by atoms with E-state index in [2.05, 4.69) is 21.2 Å². The largest absolute Gasteiger partial charge is 0.490 e. The summed E-state index contributed by atoms with van der Waals surface area (Å²) in [5.74, 6) is -0.364. The molecule has 0 atom stereocenters. The van der Waals surface area contributed by atoms with Gasteiger partial charge in [-0.3, -0.25) is 0 Å². The highest BCUT2D eigenvalue weighted by Gasteiger charge is 2.15. The van der Waals surface area contributed by atoms with Gasteiger partial charge < -0.3 is 19.9 Å². The number of carboxylic acid groups (broad SMARTS) is 1. The van der Waals surface area contributed by atoms with Gasteiger partial charge >= 0.3 is 5.97 Å². The maximum Gasteiger partial charge on any atom is 0.335 e. The Hall–Kier alpha value is -2.61. The zero-order chi connectivity index (χ0) is 23.1. The van der Waals surface area contributed by atoms with Crippen LogP contribution in [0.2, 0.25) is 5.02 Å². The van der Waals surface area contributed by atoms with Gasteiger partial charge in [0.2, 0.25) is 0 Å². The first kappa shape index (κ1) is 24.0. The predicted octanol–water partition coefficient (Wildman–Crippen LogP) is 6.21. The van der Waals surface area contributed by atoms with Crippen LogP contribution in [-0.2, 0) is 19.7 Å². The van der Waals surface area contributed by atoms with Crippen molar-refractivity contribution in [3.63, 3.8) is 0 Å². The van der Waals surface area contributed by atoms with Crippen molar-refractivity contribution in [2.45, 2.75) is 26.6 Å². The Morgan fingerprint density at radius 1 is 1.09 bits per heavy atom. The summed E-state index contributed by atoms with van der Waals surface area (Å²) in [6, 6.07) is 15.0. The Bertz CT molecular complexity index is 1070. The van der Waals surface area contributed by atoms with Gasteiger partial charge in [0.15, 0.2) is 11.5 Å². The molecule has 3 aromatic carbocycles. The number of ether oxygens (including phenoxy) is 2. The summed E-state index contributed by atoms with van der Waals surface area (Å²) in [4.78, 5) is 10.9. The zero-order valence-electron chi connectivity index (χ0n) is 17.3. The molecule has 0 radical (unpaired) electrons. The highest BCUT2D eigenvalue weighted by Crippen LogP contribution is 2.38. The maximum atomic E-state index is 14.1. The van der Waals surface area contributed by atoms with Gasteiger partial charge in [0.1, 0.15) is 12.4 Å². The van der Waals surface area contributed by atoms with E-state index in [1.165, 1.54) is 6.07 Å². The quantitative estimate of drug-likeness (QED) is 0.331. The van der Waals surface area contributed by atoms with Gasteiger partial charge in [-0.25, -0.2) is 9.18 Å². The second kappa shape index (κ2) is 11.3. The van der Waals surface area contributed by atoms with Crippen molar-refractivity contribution < 1.29 is 23.8 Å². The topological polar surface area (TPSA) is 67.8 Å². The fourth-order valence-electron chi connectivity index (χ4n) is 3.06. The van der Waals surface area contributed by atoms with E-state index in [1.807, 2.05) is 19.1 Å². The van der Waals surface area contributed by atoms with E-state index in [1.54, 1.807) is 36.4 Å². The van der Waals surface area contributed by atoms with Crippen LogP contribution in [-0.4, -0.2) is 17.7 Å². The molecule has 0 fully saturated rings. The average molecular weight is 523 g/mol. The fourth-order valence-corrected chi connectivity index (χ4v) is 3.88. The standard InChI is InChI=1S/C24H22BrClFNO4/c1-2-31-22-11-16(13-28-12-15-6-8-17(9-7-15)24(29)30)10-19(25)23(22)32-14-18-20(26)4-3-5-21(18)27/h3-11,28H,2,12-14H2,1H3,(H,29,30). The Kier molecular flexibility index (Phi) is 8.50. The summed E-state index contributed by atoms with van der Waals surface area (Å²) in [5, 5.41) is 12.6. The van der Waals surface area contributed by atoms with Crippen molar-refractivity contribution in [2.24, 2.45) is 0 Å². The van der Waals surface area contributed by atoms with Crippen LogP contribution < -0.4 is 14.8 Å². The average Bonchev–Trinajstić information content (AvgIpc) is 2.75. The first-order chi connectivity index (χ1) is 15.4. The smallest absolute Gasteiger partial charge is 0.335 e. The number of nitrogens with one attached hydrogen (secondary N) is 1. The number of halogens is 3. The summed E-state index contributed by atoms with van der Waals surface area (Å²) < 4.78 is 26.3. The van der Waals surface area contributed by atoms with Crippen molar-refractivity contribution in [1.82, 2.24) is 5.32 Å². The van der Waals surface area contributed by atoms with Crippen molar-refractivity contribution in [2.75, 3.05) is 6.61 Å². The molecule has 0 bridgehead atoms. The lowest BCUT2D eigenvalue weighted by molar-refractivity contribution is 0.0697. The van der Waals surface area contributed by atoms with E-state index in [9.17, 15) is 9.18 Å². The molecule has 0 amide bonds. The Balaban J connectivity index is 1.68. The van der Waals surface area contributed by atoms with Crippen molar-refractivity contribution in [3.8, 4) is 11.5 Å². The number of rotatable bonds is 10. The molecule has 0 aromatic heterocycles. The molecule has 0 saturated heterocycles. The molecule has 32 heavy (non-hydrogen) atoms. The number of carboxylic acids is 1. The van der Waals surface area contributed by atoms with Gasteiger partial charge in [-0.15, -0.1) is 0 Å². The lowest BCUT2D eigenvalue weighted by Crippen LogP contribution is -2.13. The molecule has 3 rings (SSSR count). The number of carbonyl (C=O) groups is 1. The molecule has 2 N–H and O–H groups in total. The molecular formula is C24H22BrClFNO4. The Labute approximate surface area is 199 Å². The summed E-state index contributed by atoms with van der Waals surface area (Å²) in [6.07, 6.45) is 0. The lowest BCUT2D eigenvalue weighted by atomic mass is 10.1. The molecule has 168 valence electrons. The molecule has 0 aliphatic heterocycles. The van der Waals surface area contributed by atoms with Crippen molar-refractivity contribution >= 4 is 33.5 Å². The summed E-state index contributed by atoms with van der Waals surface area (Å²) in [6.45, 7) is 3.41. The van der Waals surface area contributed by atoms with E-state index in [4.69, 9.17) is 26.2 Å². The highest BCUT2D eigenvalue weighted by atomic mass is 79.9. The second-order valence-corrected chi connectivity index (χ2v) is 8.19. The van der Waals surface area contributed by atoms with Gasteiger partial charge in [-0.1, -0.05) is 29.8 Å². The minimum atomic E-state index is -0.947. The first-order valence-electron chi connectivity index (χ1n) is 9.93. The number of aromatic carboxylic acids is 1. The van der Waals surface area contributed by atoms with Gasteiger partial charge in [0.05, 0.1) is 21.7 Å². The van der Waals surface area contributed by atoms with E-state index in [-0.39, 0.29) is 17.7 Å². The molecule has 0 saturated carbocycles. The predicted molar refractivity (Wildman–Crippen MR) is 125 cm³/mol. The second-order valence-electron chi connectivity index (χ2n) is 6.93. The van der Waals surface area contributed by atoms with Crippen LogP contribution in [0.15, 0.2) is 59.1 Å². The minimum absolute atomic E-state index is 0.0336. The fraction of sp³-hybridized carbons (Fsp3) is 0.208. The lowest BCUT2D eigenvalue weighted by Gasteiger charge is -2.16. The molecule has 3 aromatic rings. The SMILES string of the molecule is CCOc1cc(CNCc2ccc(C(=O)O)cc2)cc(Br)c1OCc1c(F)cccc1Cl. The van der Waals surface area contributed by atoms with Crippen LogP contribution in [0.25, 0.3) is 0 Å². The van der Waals surface area contributed by atoms with Crippen LogP contribution in [0.3, 0.4) is 0 Å². The third kappa shape index (κ3) is 6.22. The summed E-state index contributed by atoms with van der Waals surface area (Å²) in [5.41, 5.74) is 2.47. The molecular weight excluding hydrogens is 501 g/mol. The number of hydrogen-bond acceptors (Lipinski definition) is 4. The minimum Gasteiger partial charge on any atom is -0.490 e. The van der Waals surface area contributed by atoms with Gasteiger partial charge in [0, 0.05) is 18.7 Å². The molecule has 0 heterocycles. The summed E-state index contributed by atoms with van der Waals surface area (Å²) >= 11 is 9.62. The third-order valence-electron chi connectivity index (χ3n) is 4.65. The van der Waals surface area contributed by atoms with Crippen LogP contribution in [0.4, 0.5) is 4.39 Å². The molecule has 8 heteroatoms. The summed E-state index contributed by atoms with van der Waals surface area (Å²) in [7, 11) is 0. The number of hydrogen-bond donors (Lipinski definition) is 2. The van der Waals surface area contributed by atoms with Crippen LogP contribution in [0, 0.1) is 5.82 Å². The molecule has 0 aliphatic rings. The number of benzene rings is 3. The zero-order valence-corrected chi connectivity index (χ0v) is 19.7. The molecule has 0 unspecified atom stereocenters. The maximum absolute atomic E-state index is 14.1. The monoisotopic (exact) mass is 521 g/mol. The Morgan fingerprint density at radius 2 is 1.81 bits per heavy atom. The molecule has 5 nitrogen and oxygen atoms in total. The molecule has 0 aliphatic carbocycles. The van der Waals surface area contributed by atoms with Crippen molar-refractivity contribution in [3.05, 3.63) is 92.2 Å². The van der Waals surface area contributed by atoms with E-state index in [0.29, 0.717) is 40.7 Å². The van der Waals surface area contributed by atoms with Crippen LogP contribution >= 0.6 is 27.5 Å². The van der Waals surface area contributed by atoms with Gasteiger partial charge in [-0.05, 0) is 70.4 Å². The normalized spacial score (nSPS) is 10.8. The van der Waals surface area contributed by atoms with Gasteiger partial charge in [-0.2, -0.15) is 0 Å². The van der Waals surface area contributed by atoms with Crippen molar-refractivity contribution in [1.29, 1.82) is 0 Å². The Morgan fingerprint density at radius 3 is 2.47 bits per heavy atom. The molecule has 0 spiro atoms. The third-order valence-corrected chi connectivity index (χ3v) is 5.59. The van der Waals surface area contributed by atoms with Crippen LogP contribution in [0.1, 0.15) is 34.0 Å². The van der Waals surface area contributed by atoms with E-state index >= 15 is 0 Å².